The van der Waals surface area contributed by atoms with Gasteiger partial charge in [0, 0.05) is 37.8 Å². The smallest absolute Gasteiger partial charge is 0.406 e. The van der Waals surface area contributed by atoms with Gasteiger partial charge in [-0.1, -0.05) is 30.3 Å². The van der Waals surface area contributed by atoms with E-state index in [0.29, 0.717) is 12.5 Å². The lowest BCUT2D eigenvalue weighted by molar-refractivity contribution is -0.274. The lowest BCUT2D eigenvalue weighted by atomic mass is 9.82. The molecule has 2 aliphatic rings. The Morgan fingerprint density at radius 2 is 1.76 bits per heavy atom. The molecule has 0 radical (unpaired) electrons. The van der Waals surface area contributed by atoms with Crippen molar-refractivity contribution in [1.29, 1.82) is 0 Å². The number of nitrogens with zero attached hydrogens (tertiary/aromatic N) is 2. The molecule has 0 amide bonds. The largest absolute Gasteiger partial charge is 0.573 e. The van der Waals surface area contributed by atoms with Gasteiger partial charge >= 0.3 is 6.36 Å². The summed E-state index contributed by atoms with van der Waals surface area (Å²) in [4.78, 5) is 16.4. The molecule has 3 atom stereocenters. The molecule has 2 heterocycles. The number of halogens is 3. The quantitative estimate of drug-likeness (QED) is 0.703. The van der Waals surface area contributed by atoms with E-state index in [1.807, 2.05) is 23.1 Å². The van der Waals surface area contributed by atoms with Crippen molar-refractivity contribution < 1.29 is 22.7 Å². The highest BCUT2D eigenvalue weighted by Gasteiger charge is 2.43. The molecule has 7 heteroatoms. The second-order valence-corrected chi connectivity index (χ2v) is 7.75. The number of hydrogen-bond acceptors (Lipinski definition) is 4. The van der Waals surface area contributed by atoms with Crippen molar-refractivity contribution >= 4 is 12.0 Å². The maximum atomic E-state index is 12.4. The number of anilines is 1. The topological polar surface area (TPSA) is 32.8 Å². The van der Waals surface area contributed by atoms with Gasteiger partial charge in [-0.15, -0.1) is 13.2 Å². The highest BCUT2D eigenvalue weighted by Crippen LogP contribution is 2.38. The third-order valence-corrected chi connectivity index (χ3v) is 5.90. The molecule has 3 unspecified atom stereocenters. The molecule has 0 aromatic heterocycles. The fourth-order valence-electron chi connectivity index (χ4n) is 4.65. The van der Waals surface area contributed by atoms with Gasteiger partial charge in [0.2, 0.25) is 0 Å². The van der Waals surface area contributed by atoms with E-state index in [-0.39, 0.29) is 17.7 Å². The van der Waals surface area contributed by atoms with Crippen LogP contribution in [0.5, 0.6) is 5.75 Å². The van der Waals surface area contributed by atoms with E-state index in [2.05, 4.69) is 21.8 Å². The Bertz CT molecular complexity index is 826. The van der Waals surface area contributed by atoms with Crippen molar-refractivity contribution in [2.75, 3.05) is 24.5 Å². The molecule has 4 rings (SSSR count). The number of hydrogen-bond donors (Lipinski definition) is 0. The van der Waals surface area contributed by atoms with Crippen LogP contribution in [0, 0.1) is 11.8 Å². The van der Waals surface area contributed by atoms with Crippen molar-refractivity contribution in [3.8, 4) is 5.75 Å². The number of rotatable bonds is 5. The summed E-state index contributed by atoms with van der Waals surface area (Å²) in [6.07, 6.45) is -2.76. The van der Waals surface area contributed by atoms with Gasteiger partial charge in [0.05, 0.1) is 6.04 Å². The van der Waals surface area contributed by atoms with Crippen LogP contribution in [0.3, 0.4) is 0 Å². The average molecular weight is 404 g/mol. The summed E-state index contributed by atoms with van der Waals surface area (Å²) >= 11 is 0. The van der Waals surface area contributed by atoms with Crippen LogP contribution in [0.15, 0.2) is 54.6 Å². The van der Waals surface area contributed by atoms with Gasteiger partial charge in [-0.2, -0.15) is 0 Å². The lowest BCUT2D eigenvalue weighted by Gasteiger charge is -2.41. The maximum absolute atomic E-state index is 12.4. The first-order valence-electron chi connectivity index (χ1n) is 9.77. The Morgan fingerprint density at radius 1 is 1.03 bits per heavy atom. The van der Waals surface area contributed by atoms with Crippen molar-refractivity contribution in [1.82, 2.24) is 4.90 Å². The average Bonchev–Trinajstić information content (AvgIpc) is 3.10. The first-order valence-corrected chi connectivity index (χ1v) is 9.77. The van der Waals surface area contributed by atoms with Crippen LogP contribution < -0.4 is 9.64 Å². The predicted octanol–water partition coefficient (Wildman–Crippen LogP) is 4.11. The Labute approximate surface area is 167 Å². The summed E-state index contributed by atoms with van der Waals surface area (Å²) in [5.41, 5.74) is 2.00. The Kier molecular flexibility index (Phi) is 5.50. The zero-order valence-corrected chi connectivity index (χ0v) is 15.9. The number of alkyl halides is 3. The van der Waals surface area contributed by atoms with Crippen molar-refractivity contribution in [2.45, 2.75) is 25.4 Å². The van der Waals surface area contributed by atoms with Crippen LogP contribution in [0.2, 0.25) is 0 Å². The number of likely N-dealkylation sites (tertiary alicyclic amines) is 1. The van der Waals surface area contributed by atoms with Gasteiger partial charge in [0.1, 0.15) is 12.0 Å². The summed E-state index contributed by atoms with van der Waals surface area (Å²) in [5, 5.41) is 0. The van der Waals surface area contributed by atoms with E-state index in [4.69, 9.17) is 0 Å². The van der Waals surface area contributed by atoms with Crippen molar-refractivity contribution in [3.05, 3.63) is 60.2 Å². The minimum atomic E-state index is -4.71. The number of aldehydes is 1. The van der Waals surface area contributed by atoms with Crippen LogP contribution >= 0.6 is 0 Å². The standard InChI is InChI=1S/C22H23F3N2O2/c23-22(24,25)29-19-8-6-18(7-9-19)27-11-10-17-13-26(14-20(17)21(27)15-28)12-16-4-2-1-3-5-16/h1-9,15,17,20-21H,10-14H2. The molecule has 0 aliphatic carbocycles. The summed E-state index contributed by atoms with van der Waals surface area (Å²) in [7, 11) is 0. The summed E-state index contributed by atoms with van der Waals surface area (Å²) < 4.78 is 41.1. The number of ether oxygens (including phenoxy) is 1. The molecule has 154 valence electrons. The molecule has 2 saturated heterocycles. The molecule has 2 fully saturated rings. The second kappa shape index (κ2) is 8.06. The Balaban J connectivity index is 1.45. The van der Waals surface area contributed by atoms with Crippen molar-refractivity contribution in [3.63, 3.8) is 0 Å². The fourth-order valence-corrected chi connectivity index (χ4v) is 4.65. The second-order valence-electron chi connectivity index (χ2n) is 7.75. The maximum Gasteiger partial charge on any atom is 0.573 e. The molecule has 29 heavy (non-hydrogen) atoms. The zero-order chi connectivity index (χ0) is 20.4. The minimum Gasteiger partial charge on any atom is -0.406 e. The number of carbonyl (C=O) groups excluding carboxylic acids is 1. The summed E-state index contributed by atoms with van der Waals surface area (Å²) in [5.74, 6) is 0.419. The third kappa shape index (κ3) is 4.56. The lowest BCUT2D eigenvalue weighted by Crippen LogP contribution is -2.50. The Hall–Kier alpha value is -2.54. The normalized spacial score (nSPS) is 24.9. The van der Waals surface area contributed by atoms with Gasteiger partial charge in [-0.3, -0.25) is 4.90 Å². The summed E-state index contributed by atoms with van der Waals surface area (Å²) in [6.45, 7) is 3.39. The van der Waals surface area contributed by atoms with Gasteiger partial charge in [0.25, 0.3) is 0 Å². The minimum absolute atomic E-state index is 0.219. The van der Waals surface area contributed by atoms with Gasteiger partial charge in [-0.05, 0) is 42.2 Å². The first-order chi connectivity index (χ1) is 13.9. The SMILES string of the molecule is O=CC1C2CN(Cc3ccccc3)CC2CCN1c1ccc(OC(F)(F)F)cc1. The molecule has 0 spiro atoms. The molecular weight excluding hydrogens is 381 g/mol. The number of benzene rings is 2. The molecular formula is C22H23F3N2O2. The monoisotopic (exact) mass is 404 g/mol. The molecule has 2 aromatic rings. The highest BCUT2D eigenvalue weighted by atomic mass is 19.4. The van der Waals surface area contributed by atoms with Crippen LogP contribution in [0.25, 0.3) is 0 Å². The van der Waals surface area contributed by atoms with Crippen LogP contribution in [-0.2, 0) is 11.3 Å². The molecule has 0 saturated carbocycles. The zero-order valence-electron chi connectivity index (χ0n) is 15.9. The van der Waals surface area contributed by atoms with Crippen LogP contribution in [0.1, 0.15) is 12.0 Å². The van der Waals surface area contributed by atoms with Gasteiger partial charge < -0.3 is 14.4 Å². The van der Waals surface area contributed by atoms with Crippen molar-refractivity contribution in [2.24, 2.45) is 11.8 Å². The number of fused-ring (bicyclic) bond motifs is 1. The van der Waals surface area contributed by atoms with Gasteiger partial charge in [-0.25, -0.2) is 0 Å². The fraction of sp³-hybridized carbons (Fsp3) is 0.409. The van der Waals surface area contributed by atoms with Crippen LogP contribution in [-0.4, -0.2) is 43.2 Å². The van der Waals surface area contributed by atoms with Crippen LogP contribution in [0.4, 0.5) is 18.9 Å². The third-order valence-electron chi connectivity index (χ3n) is 5.90. The number of carbonyl (C=O) groups is 1. The molecule has 0 bridgehead atoms. The molecule has 2 aliphatic heterocycles. The highest BCUT2D eigenvalue weighted by molar-refractivity contribution is 5.68. The van der Waals surface area contributed by atoms with E-state index in [0.717, 1.165) is 38.0 Å². The molecule has 2 aromatic carbocycles. The van der Waals surface area contributed by atoms with E-state index < -0.39 is 6.36 Å². The van der Waals surface area contributed by atoms with E-state index >= 15 is 0 Å². The Morgan fingerprint density at radius 3 is 2.41 bits per heavy atom. The van der Waals surface area contributed by atoms with E-state index in [9.17, 15) is 18.0 Å². The first kappa shape index (κ1) is 19.8. The van der Waals surface area contributed by atoms with E-state index in [1.54, 1.807) is 12.1 Å². The molecule has 0 N–H and O–H groups in total. The predicted molar refractivity (Wildman–Crippen MR) is 104 cm³/mol. The van der Waals surface area contributed by atoms with Gasteiger partial charge in [0.15, 0.2) is 0 Å². The number of piperidine rings is 1. The molecule has 4 nitrogen and oxygen atoms in total. The summed E-state index contributed by atoms with van der Waals surface area (Å²) in [6, 6.07) is 15.8. The van der Waals surface area contributed by atoms with E-state index in [1.165, 1.54) is 17.7 Å².